The number of benzene rings is 3. The average molecular weight is 695 g/mol. The number of methoxy groups -OCH3 is 1. The van der Waals surface area contributed by atoms with E-state index in [0.29, 0.717) is 32.5 Å². The third kappa shape index (κ3) is 6.54. The lowest BCUT2D eigenvalue weighted by Crippen LogP contribution is -2.23. The monoisotopic (exact) mass is 692 g/mol. The number of fused-ring (bicyclic) bond motifs is 1. The molecule has 0 saturated heterocycles. The molecule has 1 heterocycles. The molecular formula is C28H24Br2ClFN4O4. The van der Waals surface area contributed by atoms with Crippen LogP contribution < -0.4 is 20.3 Å². The summed E-state index contributed by atoms with van der Waals surface area (Å²) in [7, 11) is 1.43. The first-order valence-electron chi connectivity index (χ1n) is 12.1. The van der Waals surface area contributed by atoms with E-state index in [1.165, 1.54) is 36.2 Å². The second-order valence-electron chi connectivity index (χ2n) is 8.77. The minimum atomic E-state index is -0.516. The van der Waals surface area contributed by atoms with Gasteiger partial charge in [-0.2, -0.15) is 9.78 Å². The summed E-state index contributed by atoms with van der Waals surface area (Å²) in [5, 5.41) is 7.59. The van der Waals surface area contributed by atoms with Gasteiger partial charge in [0, 0.05) is 26.1 Å². The molecule has 0 bridgehead atoms. The molecule has 12 heteroatoms. The van der Waals surface area contributed by atoms with E-state index in [1.807, 2.05) is 19.9 Å². The predicted octanol–water partition coefficient (Wildman–Crippen LogP) is 7.14. The largest absolute Gasteiger partial charge is 0.493 e. The van der Waals surface area contributed by atoms with Crippen molar-refractivity contribution < 1.29 is 18.7 Å². The first kappa shape index (κ1) is 29.7. The van der Waals surface area contributed by atoms with E-state index in [2.05, 4.69) is 42.3 Å². The van der Waals surface area contributed by atoms with Gasteiger partial charge in [0.05, 0.1) is 24.2 Å². The Labute approximate surface area is 251 Å². The number of nitrogens with zero attached hydrogens (tertiary/aromatic N) is 3. The van der Waals surface area contributed by atoms with Crippen LogP contribution in [0.5, 0.6) is 11.5 Å². The second-order valence-corrected chi connectivity index (χ2v) is 10.9. The number of hydrogen-bond acceptors (Lipinski definition) is 6. The van der Waals surface area contributed by atoms with Gasteiger partial charge in [-0.1, -0.05) is 47.4 Å². The molecule has 1 N–H and O–H groups in total. The Morgan fingerprint density at radius 2 is 2.02 bits per heavy atom. The molecule has 4 rings (SSSR count). The topological polar surface area (TPSA) is 94.8 Å². The van der Waals surface area contributed by atoms with Crippen LogP contribution in [0.15, 0.2) is 67.4 Å². The van der Waals surface area contributed by atoms with Crippen molar-refractivity contribution in [3.8, 4) is 11.5 Å². The Bertz CT molecular complexity index is 1680. The van der Waals surface area contributed by atoms with E-state index in [9.17, 15) is 14.0 Å². The minimum absolute atomic E-state index is 0.0336. The molecule has 0 radical (unpaired) electrons. The zero-order valence-electron chi connectivity index (χ0n) is 21.7. The molecule has 0 aliphatic heterocycles. The summed E-state index contributed by atoms with van der Waals surface area (Å²) in [6, 6.07) is 12.5. The first-order chi connectivity index (χ1) is 19.1. The lowest BCUT2D eigenvalue weighted by molar-refractivity contribution is -0.118. The Morgan fingerprint density at radius 1 is 1.25 bits per heavy atom. The number of hydrogen-bond donors (Lipinski definition) is 1. The average Bonchev–Trinajstić information content (AvgIpc) is 2.93. The fourth-order valence-corrected chi connectivity index (χ4v) is 4.80. The van der Waals surface area contributed by atoms with Crippen LogP contribution >= 0.6 is 43.5 Å². The van der Waals surface area contributed by atoms with Crippen LogP contribution in [0.4, 0.5) is 10.1 Å². The van der Waals surface area contributed by atoms with Gasteiger partial charge in [-0.15, -0.1) is 0 Å². The van der Waals surface area contributed by atoms with Crippen molar-refractivity contribution in [3.63, 3.8) is 0 Å². The normalized spacial score (nSPS) is 12.1. The Balaban J connectivity index is 1.65. The lowest BCUT2D eigenvalue weighted by atomic mass is 10.1. The van der Waals surface area contributed by atoms with Gasteiger partial charge in [0.15, 0.2) is 18.1 Å². The zero-order valence-corrected chi connectivity index (χ0v) is 25.6. The van der Waals surface area contributed by atoms with Crippen molar-refractivity contribution in [3.05, 3.63) is 90.1 Å². The maximum atomic E-state index is 13.4. The van der Waals surface area contributed by atoms with E-state index >= 15 is 0 Å². The summed E-state index contributed by atoms with van der Waals surface area (Å²) < 4.78 is 27.0. The molecule has 0 aliphatic carbocycles. The summed E-state index contributed by atoms with van der Waals surface area (Å²) in [5.41, 5.74) is 1.07. The molecule has 208 valence electrons. The van der Waals surface area contributed by atoms with Crippen LogP contribution in [-0.2, 0) is 4.79 Å². The summed E-state index contributed by atoms with van der Waals surface area (Å²) in [4.78, 5) is 30.5. The number of ether oxygens (including phenoxy) is 2. The number of rotatable bonds is 9. The van der Waals surface area contributed by atoms with Crippen LogP contribution in [-0.4, -0.2) is 35.5 Å². The van der Waals surface area contributed by atoms with Gasteiger partial charge < -0.3 is 14.8 Å². The first-order valence-corrected chi connectivity index (χ1v) is 14.1. The van der Waals surface area contributed by atoms with Gasteiger partial charge in [0.1, 0.15) is 16.7 Å². The highest BCUT2D eigenvalue weighted by atomic mass is 79.9. The molecular weight excluding hydrogens is 671 g/mol. The standard InChI is InChI=1S/C28H24Br2ClFN4O4/c1-4-15(2)27-35-21-9-8-17(29)11-20(21)28(38)36(27)33-13-16-10-22(39-3)26(25(31)24(16)30)40-14-23(37)34-19-7-5-6-18(32)12-19/h5-13,15H,4,14H2,1-3H3,(H,34,37)/t15-/m0/s1. The maximum Gasteiger partial charge on any atom is 0.282 e. The van der Waals surface area contributed by atoms with Crippen LogP contribution in [0.25, 0.3) is 10.9 Å². The lowest BCUT2D eigenvalue weighted by Gasteiger charge is -2.16. The van der Waals surface area contributed by atoms with Crippen LogP contribution in [0.2, 0.25) is 5.02 Å². The summed E-state index contributed by atoms with van der Waals surface area (Å²) in [6.45, 7) is 3.58. The minimum Gasteiger partial charge on any atom is -0.493 e. The molecule has 4 aromatic rings. The summed E-state index contributed by atoms with van der Waals surface area (Å²) in [6.07, 6.45) is 2.23. The van der Waals surface area contributed by atoms with Gasteiger partial charge in [-0.05, 0) is 64.8 Å². The zero-order chi connectivity index (χ0) is 29.0. The maximum absolute atomic E-state index is 13.4. The molecule has 1 aromatic heterocycles. The number of carbonyl (C=O) groups excluding carboxylic acids is 1. The highest BCUT2D eigenvalue weighted by Crippen LogP contribution is 2.42. The van der Waals surface area contributed by atoms with Gasteiger partial charge in [0.2, 0.25) is 0 Å². The molecule has 8 nitrogen and oxygen atoms in total. The van der Waals surface area contributed by atoms with Crippen LogP contribution in [0, 0.1) is 5.82 Å². The molecule has 0 saturated carbocycles. The second kappa shape index (κ2) is 12.9. The smallest absolute Gasteiger partial charge is 0.282 e. The molecule has 0 unspecified atom stereocenters. The van der Waals surface area contributed by atoms with E-state index < -0.39 is 18.3 Å². The number of carbonyl (C=O) groups is 1. The quantitative estimate of drug-likeness (QED) is 0.188. The van der Waals surface area contributed by atoms with Gasteiger partial charge in [0.25, 0.3) is 11.5 Å². The van der Waals surface area contributed by atoms with Crippen molar-refractivity contribution >= 4 is 72.2 Å². The Morgan fingerprint density at radius 3 is 2.73 bits per heavy atom. The van der Waals surface area contributed by atoms with Crippen molar-refractivity contribution in [2.75, 3.05) is 19.0 Å². The number of nitrogens with one attached hydrogen (secondary N) is 1. The molecule has 0 aliphatic rings. The Hall–Kier alpha value is -3.28. The van der Waals surface area contributed by atoms with Crippen molar-refractivity contribution in [2.45, 2.75) is 26.2 Å². The van der Waals surface area contributed by atoms with Crippen molar-refractivity contribution in [1.82, 2.24) is 9.66 Å². The van der Waals surface area contributed by atoms with Crippen molar-refractivity contribution in [2.24, 2.45) is 5.10 Å². The van der Waals surface area contributed by atoms with E-state index in [-0.39, 0.29) is 28.0 Å². The summed E-state index contributed by atoms with van der Waals surface area (Å²) in [5.74, 6) is -0.139. The number of aromatic nitrogens is 2. The van der Waals surface area contributed by atoms with Gasteiger partial charge in [-0.3, -0.25) is 9.59 Å². The number of amides is 1. The Kier molecular flexibility index (Phi) is 9.60. The van der Waals surface area contributed by atoms with E-state index in [0.717, 1.165) is 10.9 Å². The summed E-state index contributed by atoms with van der Waals surface area (Å²) >= 11 is 13.4. The molecule has 40 heavy (non-hydrogen) atoms. The highest BCUT2D eigenvalue weighted by molar-refractivity contribution is 9.10. The van der Waals surface area contributed by atoms with Gasteiger partial charge >= 0.3 is 0 Å². The number of anilines is 1. The molecule has 1 atom stereocenters. The molecule has 0 fully saturated rings. The SMILES string of the molecule is CC[C@H](C)c1nc2ccc(Br)cc2c(=O)n1N=Cc1cc(OC)c(OCC(=O)Nc2cccc(F)c2)c(Cl)c1Br. The number of halogens is 4. The third-order valence-corrected chi connectivity index (χ3v) is 7.97. The molecule has 0 spiro atoms. The molecule has 3 aromatic carbocycles. The fourth-order valence-electron chi connectivity index (χ4n) is 3.78. The van der Waals surface area contributed by atoms with E-state index in [1.54, 1.807) is 24.3 Å². The van der Waals surface area contributed by atoms with Crippen molar-refractivity contribution in [1.29, 1.82) is 0 Å². The molecule has 1 amide bonds. The predicted molar refractivity (Wildman–Crippen MR) is 162 cm³/mol. The van der Waals surface area contributed by atoms with E-state index in [4.69, 9.17) is 26.1 Å². The van der Waals surface area contributed by atoms with Crippen LogP contribution in [0.3, 0.4) is 0 Å². The van der Waals surface area contributed by atoms with Gasteiger partial charge in [-0.25, -0.2) is 9.37 Å². The fraction of sp³-hybridized carbons (Fsp3) is 0.214. The van der Waals surface area contributed by atoms with Crippen LogP contribution in [0.1, 0.15) is 37.6 Å². The third-order valence-electron chi connectivity index (χ3n) is 6.03. The highest BCUT2D eigenvalue weighted by Gasteiger charge is 2.20.